The van der Waals surface area contributed by atoms with Crippen molar-refractivity contribution < 1.29 is 28.2 Å². The lowest BCUT2D eigenvalue weighted by Crippen LogP contribution is -2.55. The highest BCUT2D eigenvalue weighted by Gasteiger charge is 2.51. The van der Waals surface area contributed by atoms with Gasteiger partial charge in [0.25, 0.3) is 0 Å². The van der Waals surface area contributed by atoms with Crippen LogP contribution in [0.3, 0.4) is 0 Å². The SMILES string of the molecule is C[C@H]1[C@H]2CCC[C@@H](C(O)C(F)(F)F)[C@@H]2CCN1C(=O)Cc1c(Cl)cnc(CO)c1Cl. The third kappa shape index (κ3) is 4.56. The van der Waals surface area contributed by atoms with E-state index in [0.29, 0.717) is 31.4 Å². The number of hydrogen-bond donors (Lipinski definition) is 2. The van der Waals surface area contributed by atoms with Gasteiger partial charge in [0.1, 0.15) is 0 Å². The van der Waals surface area contributed by atoms with Crippen molar-refractivity contribution >= 4 is 29.1 Å². The average molecular weight is 469 g/mol. The summed E-state index contributed by atoms with van der Waals surface area (Å²) in [6.07, 6.45) is -3.64. The van der Waals surface area contributed by atoms with Crippen LogP contribution in [0.25, 0.3) is 0 Å². The molecule has 1 unspecified atom stereocenters. The lowest BCUT2D eigenvalue weighted by molar-refractivity contribution is -0.233. The van der Waals surface area contributed by atoms with Gasteiger partial charge in [-0.25, -0.2) is 0 Å². The van der Waals surface area contributed by atoms with E-state index in [-0.39, 0.29) is 52.6 Å². The maximum atomic E-state index is 13.1. The number of aliphatic hydroxyl groups excluding tert-OH is 2. The van der Waals surface area contributed by atoms with Crippen molar-refractivity contribution in [3.63, 3.8) is 0 Å². The lowest BCUT2D eigenvalue weighted by Gasteiger charge is -2.50. The summed E-state index contributed by atoms with van der Waals surface area (Å²) in [5.41, 5.74) is 0.609. The zero-order valence-electron chi connectivity index (χ0n) is 16.5. The van der Waals surface area contributed by atoms with Crippen LogP contribution in [0.2, 0.25) is 10.0 Å². The van der Waals surface area contributed by atoms with E-state index in [1.165, 1.54) is 6.20 Å². The maximum absolute atomic E-state index is 13.1. The Morgan fingerprint density at radius 1 is 1.30 bits per heavy atom. The fraction of sp³-hybridized carbons (Fsp3) is 0.700. The molecule has 5 atom stereocenters. The molecule has 0 bridgehead atoms. The molecule has 0 spiro atoms. The summed E-state index contributed by atoms with van der Waals surface area (Å²) < 4.78 is 39.3. The number of amides is 1. The van der Waals surface area contributed by atoms with Gasteiger partial charge in [0.05, 0.1) is 28.8 Å². The summed E-state index contributed by atoms with van der Waals surface area (Å²) in [7, 11) is 0. The van der Waals surface area contributed by atoms with Gasteiger partial charge in [0.15, 0.2) is 6.10 Å². The number of fused-ring (bicyclic) bond motifs is 1. The summed E-state index contributed by atoms with van der Waals surface area (Å²) in [4.78, 5) is 18.6. The third-order valence-electron chi connectivity index (χ3n) is 6.67. The normalized spacial score (nSPS) is 28.2. The molecular formula is C20H25Cl2F3N2O3. The van der Waals surface area contributed by atoms with Crippen molar-refractivity contribution in [3.8, 4) is 0 Å². The van der Waals surface area contributed by atoms with Gasteiger partial charge < -0.3 is 15.1 Å². The summed E-state index contributed by atoms with van der Waals surface area (Å²) >= 11 is 12.4. The van der Waals surface area contributed by atoms with Crippen molar-refractivity contribution in [1.29, 1.82) is 0 Å². The molecule has 1 amide bonds. The zero-order valence-corrected chi connectivity index (χ0v) is 18.0. The van der Waals surface area contributed by atoms with Crippen molar-refractivity contribution in [1.82, 2.24) is 9.88 Å². The second kappa shape index (κ2) is 9.18. The van der Waals surface area contributed by atoms with E-state index in [1.807, 2.05) is 6.92 Å². The van der Waals surface area contributed by atoms with Crippen LogP contribution in [0.1, 0.15) is 43.9 Å². The molecule has 2 N–H and O–H groups in total. The van der Waals surface area contributed by atoms with Crippen molar-refractivity contribution in [2.75, 3.05) is 6.54 Å². The number of rotatable bonds is 4. The molecule has 10 heteroatoms. The topological polar surface area (TPSA) is 73.7 Å². The maximum Gasteiger partial charge on any atom is 0.414 e. The van der Waals surface area contributed by atoms with Crippen molar-refractivity contribution in [3.05, 3.63) is 27.5 Å². The number of aliphatic hydroxyl groups is 2. The molecule has 1 aliphatic carbocycles. The first-order chi connectivity index (χ1) is 14.1. The molecule has 2 aliphatic rings. The molecule has 2 fully saturated rings. The molecular weight excluding hydrogens is 444 g/mol. The second-order valence-corrected chi connectivity index (χ2v) is 8.99. The van der Waals surface area contributed by atoms with E-state index in [4.69, 9.17) is 23.2 Å². The number of alkyl halides is 3. The Kier molecular flexibility index (Phi) is 7.22. The first-order valence-electron chi connectivity index (χ1n) is 10.0. The quantitative estimate of drug-likeness (QED) is 0.700. The van der Waals surface area contributed by atoms with Crippen LogP contribution in [-0.2, 0) is 17.8 Å². The molecule has 2 heterocycles. The summed E-state index contributed by atoms with van der Waals surface area (Å²) in [6.45, 7) is 1.78. The molecule has 1 aromatic rings. The Labute approximate surface area is 183 Å². The Morgan fingerprint density at radius 2 is 2.00 bits per heavy atom. The number of hydrogen-bond acceptors (Lipinski definition) is 4. The molecule has 5 nitrogen and oxygen atoms in total. The smallest absolute Gasteiger partial charge is 0.390 e. The van der Waals surface area contributed by atoms with E-state index in [2.05, 4.69) is 4.98 Å². The minimum Gasteiger partial charge on any atom is -0.390 e. The summed E-state index contributed by atoms with van der Waals surface area (Å²) in [5.74, 6) is -1.43. The predicted octanol–water partition coefficient (Wildman–Crippen LogP) is 4.00. The minimum atomic E-state index is -4.64. The molecule has 30 heavy (non-hydrogen) atoms. The standard InChI is InChI=1S/C20H25Cl2F3N2O3/c1-10-11-3-2-4-13(19(30)20(23,24)25)12(11)5-6-27(10)17(29)7-14-15(21)8-26-16(9-28)18(14)22/h8,10-13,19,28,30H,2-7,9H2,1H3/t10-,11+,12+,13+,19?/m0/s1. The van der Waals surface area contributed by atoms with Gasteiger partial charge in [-0.2, -0.15) is 13.2 Å². The molecule has 0 radical (unpaired) electrons. The van der Waals surface area contributed by atoms with Crippen LogP contribution in [0, 0.1) is 17.8 Å². The Balaban J connectivity index is 1.76. The fourth-order valence-corrected chi connectivity index (χ4v) is 5.68. The average Bonchev–Trinajstić information content (AvgIpc) is 2.70. The molecule has 1 saturated carbocycles. The summed E-state index contributed by atoms with van der Waals surface area (Å²) in [6, 6.07) is -0.254. The van der Waals surface area contributed by atoms with Gasteiger partial charge in [0, 0.05) is 24.3 Å². The van der Waals surface area contributed by atoms with Gasteiger partial charge in [-0.1, -0.05) is 29.6 Å². The molecule has 168 valence electrons. The monoisotopic (exact) mass is 468 g/mol. The van der Waals surface area contributed by atoms with Crippen LogP contribution in [0.15, 0.2) is 6.20 Å². The first-order valence-corrected chi connectivity index (χ1v) is 10.8. The van der Waals surface area contributed by atoms with Crippen molar-refractivity contribution in [2.24, 2.45) is 17.8 Å². The Hall–Kier alpha value is -1.09. The highest BCUT2D eigenvalue weighted by molar-refractivity contribution is 6.36. The molecule has 1 aromatic heterocycles. The van der Waals surface area contributed by atoms with Gasteiger partial charge in [0.2, 0.25) is 5.91 Å². The number of pyridine rings is 1. The highest BCUT2D eigenvalue weighted by atomic mass is 35.5. The molecule has 1 aliphatic heterocycles. The van der Waals surface area contributed by atoms with Crippen LogP contribution in [0.5, 0.6) is 0 Å². The number of piperidine rings is 1. The van der Waals surface area contributed by atoms with Crippen molar-refractivity contribution in [2.45, 2.75) is 64.0 Å². The molecule has 0 aromatic carbocycles. The predicted molar refractivity (Wildman–Crippen MR) is 106 cm³/mol. The third-order valence-corrected chi connectivity index (χ3v) is 7.44. The minimum absolute atomic E-state index is 0.0798. The number of nitrogens with zero attached hydrogens (tertiary/aromatic N) is 2. The van der Waals surface area contributed by atoms with Crippen LogP contribution in [0.4, 0.5) is 13.2 Å². The highest BCUT2D eigenvalue weighted by Crippen LogP contribution is 2.47. The lowest BCUT2D eigenvalue weighted by atomic mass is 9.64. The second-order valence-electron chi connectivity index (χ2n) is 8.21. The summed E-state index contributed by atoms with van der Waals surface area (Å²) in [5, 5.41) is 19.6. The number of likely N-dealkylation sites (tertiary alicyclic amines) is 1. The molecule has 1 saturated heterocycles. The largest absolute Gasteiger partial charge is 0.414 e. The fourth-order valence-electron chi connectivity index (χ4n) is 5.14. The number of aromatic nitrogens is 1. The van der Waals surface area contributed by atoms with Gasteiger partial charge in [-0.05, 0) is 43.9 Å². The van der Waals surface area contributed by atoms with E-state index in [0.717, 1.165) is 6.42 Å². The van der Waals surface area contributed by atoms with Gasteiger partial charge in [-0.3, -0.25) is 9.78 Å². The number of halogens is 5. The van der Waals surface area contributed by atoms with E-state index < -0.39 is 18.2 Å². The van der Waals surface area contributed by atoms with E-state index in [9.17, 15) is 28.2 Å². The first kappa shape index (κ1) is 23.6. The van der Waals surface area contributed by atoms with Crippen LogP contribution < -0.4 is 0 Å². The number of carbonyl (C=O) groups excluding carboxylic acids is 1. The Morgan fingerprint density at radius 3 is 2.63 bits per heavy atom. The zero-order chi connectivity index (χ0) is 22.2. The van der Waals surface area contributed by atoms with Crippen LogP contribution >= 0.6 is 23.2 Å². The molecule has 3 rings (SSSR count). The Bertz CT molecular complexity index is 793. The van der Waals surface area contributed by atoms with Gasteiger partial charge >= 0.3 is 6.18 Å². The van der Waals surface area contributed by atoms with E-state index >= 15 is 0 Å². The number of carbonyl (C=O) groups is 1. The van der Waals surface area contributed by atoms with Crippen LogP contribution in [-0.4, -0.2) is 50.9 Å². The van der Waals surface area contributed by atoms with Gasteiger partial charge in [-0.15, -0.1) is 0 Å². The van der Waals surface area contributed by atoms with E-state index in [1.54, 1.807) is 4.90 Å².